The molecule has 1 N–H and O–H groups in total. The molecule has 100 valence electrons. The fourth-order valence-electron chi connectivity index (χ4n) is 1.25. The van der Waals surface area contributed by atoms with E-state index < -0.39 is 18.1 Å². The van der Waals surface area contributed by atoms with Gasteiger partial charge in [-0.3, -0.25) is 5.32 Å². The SMILES string of the molecule is CCOC(=O)C(C#N)NC(=O)OCc1ccccc1. The van der Waals surface area contributed by atoms with Crippen molar-refractivity contribution in [1.82, 2.24) is 5.32 Å². The second-order valence-electron chi connectivity index (χ2n) is 3.52. The largest absolute Gasteiger partial charge is 0.464 e. The lowest BCUT2D eigenvalue weighted by atomic mass is 10.2. The number of alkyl carbamates (subject to hydrolysis) is 1. The molecule has 0 saturated heterocycles. The van der Waals surface area contributed by atoms with Crippen LogP contribution in [-0.4, -0.2) is 24.7 Å². The molecule has 0 fully saturated rings. The Morgan fingerprint density at radius 3 is 2.58 bits per heavy atom. The number of esters is 1. The van der Waals surface area contributed by atoms with Crippen molar-refractivity contribution in [2.45, 2.75) is 19.6 Å². The number of carbonyl (C=O) groups excluding carboxylic acids is 2. The molecule has 1 rings (SSSR count). The fraction of sp³-hybridized carbons (Fsp3) is 0.308. The first-order chi connectivity index (χ1) is 9.17. The van der Waals surface area contributed by atoms with Crippen LogP contribution >= 0.6 is 0 Å². The summed E-state index contributed by atoms with van der Waals surface area (Å²) in [6, 6.07) is 9.32. The second kappa shape index (κ2) is 7.71. The van der Waals surface area contributed by atoms with E-state index in [1.54, 1.807) is 25.1 Å². The number of rotatable bonds is 5. The molecular formula is C13H14N2O4. The lowest BCUT2D eigenvalue weighted by molar-refractivity contribution is -0.143. The Morgan fingerprint density at radius 1 is 1.32 bits per heavy atom. The highest BCUT2D eigenvalue weighted by atomic mass is 16.6. The molecule has 19 heavy (non-hydrogen) atoms. The maximum atomic E-state index is 11.4. The first kappa shape index (κ1) is 14.5. The maximum Gasteiger partial charge on any atom is 0.408 e. The highest BCUT2D eigenvalue weighted by molar-refractivity contribution is 5.83. The summed E-state index contributed by atoms with van der Waals surface area (Å²) in [7, 11) is 0. The number of hydrogen-bond acceptors (Lipinski definition) is 5. The summed E-state index contributed by atoms with van der Waals surface area (Å²) in [6.07, 6.45) is -0.844. The number of nitrogens with zero attached hydrogens (tertiary/aromatic N) is 1. The molecule has 0 radical (unpaired) electrons. The Morgan fingerprint density at radius 2 is 2.00 bits per heavy atom. The standard InChI is InChI=1S/C13H14N2O4/c1-2-18-12(16)11(8-14)15-13(17)19-9-10-6-4-3-5-7-10/h3-7,11H,2,9H2,1H3,(H,15,17). The van der Waals surface area contributed by atoms with Crippen LogP contribution in [0.2, 0.25) is 0 Å². The third-order valence-corrected chi connectivity index (χ3v) is 2.13. The van der Waals surface area contributed by atoms with Crippen molar-refractivity contribution in [3.8, 4) is 6.07 Å². The monoisotopic (exact) mass is 262 g/mol. The van der Waals surface area contributed by atoms with Gasteiger partial charge in [-0.05, 0) is 12.5 Å². The predicted molar refractivity (Wildman–Crippen MR) is 65.8 cm³/mol. The second-order valence-corrected chi connectivity index (χ2v) is 3.52. The third kappa shape index (κ3) is 5.08. The molecule has 1 amide bonds. The highest BCUT2D eigenvalue weighted by Crippen LogP contribution is 2.00. The van der Waals surface area contributed by atoms with Crippen LogP contribution in [0.15, 0.2) is 30.3 Å². The molecule has 0 heterocycles. The quantitative estimate of drug-likeness (QED) is 0.809. The highest BCUT2D eigenvalue weighted by Gasteiger charge is 2.21. The summed E-state index contributed by atoms with van der Waals surface area (Å²) in [4.78, 5) is 22.7. The average molecular weight is 262 g/mol. The first-order valence-corrected chi connectivity index (χ1v) is 5.70. The van der Waals surface area contributed by atoms with Crippen molar-refractivity contribution in [2.75, 3.05) is 6.61 Å². The van der Waals surface area contributed by atoms with Crippen LogP contribution in [0.5, 0.6) is 0 Å². The van der Waals surface area contributed by atoms with Gasteiger partial charge in [0.25, 0.3) is 0 Å². The Labute approximate surface area is 110 Å². The summed E-state index contributed by atoms with van der Waals surface area (Å²) in [5, 5.41) is 10.9. The van der Waals surface area contributed by atoms with Crippen LogP contribution < -0.4 is 5.32 Å². The van der Waals surface area contributed by atoms with Crippen molar-refractivity contribution in [3.63, 3.8) is 0 Å². The normalized spacial score (nSPS) is 10.9. The van der Waals surface area contributed by atoms with Gasteiger partial charge in [-0.25, -0.2) is 9.59 Å². The maximum absolute atomic E-state index is 11.4. The zero-order valence-corrected chi connectivity index (χ0v) is 10.5. The Hall–Kier alpha value is -2.55. The average Bonchev–Trinajstić information content (AvgIpc) is 2.44. The minimum atomic E-state index is -1.36. The lowest BCUT2D eigenvalue weighted by Gasteiger charge is -2.10. The molecule has 1 aromatic rings. The van der Waals surface area contributed by atoms with Crippen LogP contribution in [0.25, 0.3) is 0 Å². The fourth-order valence-corrected chi connectivity index (χ4v) is 1.25. The molecule has 1 aromatic carbocycles. The molecule has 0 aliphatic heterocycles. The molecule has 0 aromatic heterocycles. The van der Waals surface area contributed by atoms with Gasteiger partial charge in [0.2, 0.25) is 6.04 Å². The molecule has 0 bridgehead atoms. The molecule has 6 nitrogen and oxygen atoms in total. The molecule has 1 unspecified atom stereocenters. The Kier molecular flexibility index (Phi) is 5.89. The van der Waals surface area contributed by atoms with E-state index in [1.165, 1.54) is 0 Å². The Bertz CT molecular complexity index is 467. The Balaban J connectivity index is 2.42. The van der Waals surface area contributed by atoms with Gasteiger partial charge in [-0.1, -0.05) is 30.3 Å². The van der Waals surface area contributed by atoms with Gasteiger partial charge < -0.3 is 9.47 Å². The van der Waals surface area contributed by atoms with Crippen molar-refractivity contribution in [3.05, 3.63) is 35.9 Å². The van der Waals surface area contributed by atoms with Gasteiger partial charge in [0, 0.05) is 0 Å². The van der Waals surface area contributed by atoms with E-state index in [0.29, 0.717) is 0 Å². The summed E-state index contributed by atoms with van der Waals surface area (Å²) in [6.45, 7) is 1.81. The van der Waals surface area contributed by atoms with E-state index in [0.717, 1.165) is 5.56 Å². The molecule has 6 heteroatoms. The molecule has 1 atom stereocenters. The van der Waals surface area contributed by atoms with Gasteiger partial charge >= 0.3 is 12.1 Å². The number of nitrogens with one attached hydrogen (secondary N) is 1. The van der Waals surface area contributed by atoms with Crippen molar-refractivity contribution >= 4 is 12.1 Å². The third-order valence-electron chi connectivity index (χ3n) is 2.13. The van der Waals surface area contributed by atoms with Gasteiger partial charge in [0.05, 0.1) is 12.7 Å². The molecular weight excluding hydrogens is 248 g/mol. The number of amides is 1. The molecule has 0 aliphatic rings. The van der Waals surface area contributed by atoms with Crippen LogP contribution in [0.4, 0.5) is 4.79 Å². The van der Waals surface area contributed by atoms with Crippen molar-refractivity contribution < 1.29 is 19.1 Å². The summed E-state index contributed by atoms with van der Waals surface area (Å²) < 4.78 is 9.51. The van der Waals surface area contributed by atoms with Gasteiger partial charge in [-0.2, -0.15) is 5.26 Å². The minimum Gasteiger partial charge on any atom is -0.464 e. The number of ether oxygens (including phenoxy) is 2. The van der Waals surface area contributed by atoms with Crippen LogP contribution in [0, 0.1) is 11.3 Å². The summed E-state index contributed by atoms with van der Waals surface area (Å²) in [5.74, 6) is -0.804. The summed E-state index contributed by atoms with van der Waals surface area (Å²) >= 11 is 0. The van der Waals surface area contributed by atoms with Crippen LogP contribution in [0.1, 0.15) is 12.5 Å². The number of nitriles is 1. The van der Waals surface area contributed by atoms with E-state index in [4.69, 9.17) is 10.00 Å². The van der Waals surface area contributed by atoms with E-state index in [-0.39, 0.29) is 13.2 Å². The van der Waals surface area contributed by atoms with E-state index in [2.05, 4.69) is 10.1 Å². The van der Waals surface area contributed by atoms with E-state index in [1.807, 2.05) is 18.2 Å². The zero-order valence-electron chi connectivity index (χ0n) is 10.5. The number of benzene rings is 1. The van der Waals surface area contributed by atoms with Crippen molar-refractivity contribution in [2.24, 2.45) is 0 Å². The molecule has 0 aliphatic carbocycles. The van der Waals surface area contributed by atoms with Crippen LogP contribution in [0.3, 0.4) is 0 Å². The number of carbonyl (C=O) groups is 2. The first-order valence-electron chi connectivity index (χ1n) is 5.70. The van der Waals surface area contributed by atoms with E-state index in [9.17, 15) is 9.59 Å². The predicted octanol–water partition coefficient (Wildman–Crippen LogP) is 1.37. The van der Waals surface area contributed by atoms with Gasteiger partial charge in [0.15, 0.2) is 0 Å². The van der Waals surface area contributed by atoms with Crippen molar-refractivity contribution in [1.29, 1.82) is 5.26 Å². The topological polar surface area (TPSA) is 88.4 Å². The van der Waals surface area contributed by atoms with Crippen LogP contribution in [-0.2, 0) is 20.9 Å². The van der Waals surface area contributed by atoms with E-state index >= 15 is 0 Å². The smallest absolute Gasteiger partial charge is 0.408 e. The van der Waals surface area contributed by atoms with Gasteiger partial charge in [-0.15, -0.1) is 0 Å². The molecule has 0 saturated carbocycles. The zero-order chi connectivity index (χ0) is 14.1. The molecule has 0 spiro atoms. The minimum absolute atomic E-state index is 0.0631. The number of hydrogen-bond donors (Lipinski definition) is 1. The van der Waals surface area contributed by atoms with Gasteiger partial charge in [0.1, 0.15) is 6.61 Å². The summed E-state index contributed by atoms with van der Waals surface area (Å²) in [5.41, 5.74) is 0.808. The lowest BCUT2D eigenvalue weighted by Crippen LogP contribution is -2.41.